The van der Waals surface area contributed by atoms with Gasteiger partial charge < -0.3 is 0 Å². The average Bonchev–Trinajstić information content (AvgIpc) is 2.74. The highest BCUT2D eigenvalue weighted by molar-refractivity contribution is 6.22. The molecule has 0 aromatic heterocycles. The minimum atomic E-state index is -0.263. The van der Waals surface area contributed by atoms with E-state index in [-0.39, 0.29) is 11.8 Å². The Hall–Kier alpha value is -2.68. The quantitative estimate of drug-likeness (QED) is 0.779. The van der Waals surface area contributed by atoms with E-state index in [4.69, 9.17) is 0 Å². The Bertz CT molecular complexity index is 682. The Kier molecular flexibility index (Phi) is 2.95. The molecule has 0 N–H and O–H groups in total. The van der Waals surface area contributed by atoms with Gasteiger partial charge in [0, 0.05) is 6.20 Å². The number of rotatable bonds is 2. The molecular formula is C17H13NO2. The molecule has 0 saturated carbocycles. The van der Waals surface area contributed by atoms with E-state index in [0.29, 0.717) is 11.1 Å². The predicted molar refractivity (Wildman–Crippen MR) is 77.0 cm³/mol. The molecule has 2 aromatic carbocycles. The first-order chi connectivity index (χ1) is 9.68. The van der Waals surface area contributed by atoms with E-state index in [9.17, 15) is 9.59 Å². The summed E-state index contributed by atoms with van der Waals surface area (Å²) in [5.74, 6) is -0.526. The molecule has 0 unspecified atom stereocenters. The molecule has 20 heavy (non-hydrogen) atoms. The summed E-state index contributed by atoms with van der Waals surface area (Å²) in [6.45, 7) is 1.89. The standard InChI is InChI=1S/C17H13NO2/c1-12(13-7-3-2-4-8-13)11-18-16(19)14-9-5-6-10-15(14)17(18)20/h2-11H,1H3/b12-11+. The molecule has 0 radical (unpaired) electrons. The number of carbonyl (C=O) groups is 2. The normalized spacial score (nSPS) is 14.7. The molecule has 98 valence electrons. The molecule has 3 heteroatoms. The van der Waals surface area contributed by atoms with Crippen molar-refractivity contribution in [1.82, 2.24) is 4.90 Å². The zero-order valence-corrected chi connectivity index (χ0v) is 11.0. The third-order valence-corrected chi connectivity index (χ3v) is 3.38. The highest BCUT2D eigenvalue weighted by Crippen LogP contribution is 2.25. The second kappa shape index (κ2) is 4.78. The summed E-state index contributed by atoms with van der Waals surface area (Å²) < 4.78 is 0. The third kappa shape index (κ3) is 1.93. The molecule has 0 aliphatic carbocycles. The monoisotopic (exact) mass is 263 g/mol. The van der Waals surface area contributed by atoms with Crippen molar-refractivity contribution in [3.8, 4) is 0 Å². The van der Waals surface area contributed by atoms with Gasteiger partial charge in [0.05, 0.1) is 11.1 Å². The van der Waals surface area contributed by atoms with E-state index in [2.05, 4.69) is 0 Å². The first-order valence-corrected chi connectivity index (χ1v) is 6.39. The fourth-order valence-electron chi connectivity index (χ4n) is 2.29. The number of nitrogens with zero attached hydrogens (tertiary/aromatic N) is 1. The fourth-order valence-corrected chi connectivity index (χ4v) is 2.29. The van der Waals surface area contributed by atoms with Crippen molar-refractivity contribution in [1.29, 1.82) is 0 Å². The molecule has 2 amide bonds. The Balaban J connectivity index is 1.98. The highest BCUT2D eigenvalue weighted by atomic mass is 16.2. The molecule has 2 aromatic rings. The Morgan fingerprint density at radius 1 is 0.850 bits per heavy atom. The van der Waals surface area contributed by atoms with Gasteiger partial charge in [0.2, 0.25) is 0 Å². The SMILES string of the molecule is C/C(=C\N1C(=O)c2ccccc2C1=O)c1ccccc1. The molecular weight excluding hydrogens is 250 g/mol. The van der Waals surface area contributed by atoms with E-state index in [0.717, 1.165) is 11.1 Å². The van der Waals surface area contributed by atoms with Crippen molar-refractivity contribution < 1.29 is 9.59 Å². The smallest absolute Gasteiger partial charge is 0.265 e. The zero-order valence-electron chi connectivity index (χ0n) is 11.0. The molecule has 3 rings (SSSR count). The summed E-state index contributed by atoms with van der Waals surface area (Å²) in [4.78, 5) is 25.7. The van der Waals surface area contributed by atoms with Gasteiger partial charge in [-0.3, -0.25) is 9.59 Å². The summed E-state index contributed by atoms with van der Waals surface area (Å²) in [6.07, 6.45) is 1.61. The molecule has 3 nitrogen and oxygen atoms in total. The van der Waals surface area contributed by atoms with Gasteiger partial charge in [-0.2, -0.15) is 0 Å². The van der Waals surface area contributed by atoms with Gasteiger partial charge in [-0.15, -0.1) is 0 Å². The first kappa shape index (κ1) is 12.4. The minimum absolute atomic E-state index is 0.263. The Labute approximate surface area is 117 Å². The summed E-state index contributed by atoms with van der Waals surface area (Å²) >= 11 is 0. The van der Waals surface area contributed by atoms with Crippen LogP contribution in [0.25, 0.3) is 5.57 Å². The number of allylic oxidation sites excluding steroid dienone is 1. The largest absolute Gasteiger partial charge is 0.268 e. The number of fused-ring (bicyclic) bond motifs is 1. The number of imide groups is 1. The topological polar surface area (TPSA) is 37.4 Å². The van der Waals surface area contributed by atoms with Crippen molar-refractivity contribution in [3.05, 3.63) is 77.5 Å². The van der Waals surface area contributed by atoms with Crippen LogP contribution >= 0.6 is 0 Å². The van der Waals surface area contributed by atoms with Crippen LogP contribution in [0, 0.1) is 0 Å². The molecule has 1 aliphatic rings. The van der Waals surface area contributed by atoms with E-state index in [1.807, 2.05) is 37.3 Å². The lowest BCUT2D eigenvalue weighted by molar-refractivity contribution is 0.0722. The van der Waals surface area contributed by atoms with Gasteiger partial charge in [-0.05, 0) is 30.2 Å². The van der Waals surface area contributed by atoms with Gasteiger partial charge in [0.15, 0.2) is 0 Å². The molecule has 0 saturated heterocycles. The molecule has 0 atom stereocenters. The van der Waals surface area contributed by atoms with Gasteiger partial charge in [-0.25, -0.2) is 4.90 Å². The number of hydrogen-bond acceptors (Lipinski definition) is 2. The maximum absolute atomic E-state index is 12.2. The summed E-state index contributed by atoms with van der Waals surface area (Å²) in [5, 5.41) is 0. The number of hydrogen-bond donors (Lipinski definition) is 0. The van der Waals surface area contributed by atoms with E-state index < -0.39 is 0 Å². The summed E-state index contributed by atoms with van der Waals surface area (Å²) in [6, 6.07) is 16.6. The maximum atomic E-state index is 12.2. The molecule has 1 aliphatic heterocycles. The van der Waals surface area contributed by atoms with Crippen molar-refractivity contribution in [2.75, 3.05) is 0 Å². The lowest BCUT2D eigenvalue weighted by atomic mass is 10.1. The molecule has 0 fully saturated rings. The van der Waals surface area contributed by atoms with Crippen LogP contribution in [0.1, 0.15) is 33.2 Å². The summed E-state index contributed by atoms with van der Waals surface area (Å²) in [7, 11) is 0. The predicted octanol–water partition coefficient (Wildman–Crippen LogP) is 3.34. The molecule has 0 bridgehead atoms. The van der Waals surface area contributed by atoms with Crippen LogP contribution in [0.4, 0.5) is 0 Å². The second-order valence-electron chi connectivity index (χ2n) is 4.70. The Morgan fingerprint density at radius 3 is 1.90 bits per heavy atom. The fraction of sp³-hybridized carbons (Fsp3) is 0.0588. The van der Waals surface area contributed by atoms with E-state index in [1.54, 1.807) is 30.5 Å². The van der Waals surface area contributed by atoms with Gasteiger partial charge in [0.25, 0.3) is 11.8 Å². The van der Waals surface area contributed by atoms with E-state index >= 15 is 0 Å². The van der Waals surface area contributed by atoms with Crippen LogP contribution in [-0.2, 0) is 0 Å². The average molecular weight is 263 g/mol. The Morgan fingerprint density at radius 2 is 1.35 bits per heavy atom. The number of benzene rings is 2. The van der Waals surface area contributed by atoms with Crippen molar-refractivity contribution in [2.24, 2.45) is 0 Å². The van der Waals surface area contributed by atoms with E-state index in [1.165, 1.54) is 4.90 Å². The van der Waals surface area contributed by atoms with Gasteiger partial charge >= 0.3 is 0 Å². The van der Waals surface area contributed by atoms with Gasteiger partial charge in [-0.1, -0.05) is 42.5 Å². The summed E-state index contributed by atoms with van der Waals surface area (Å²) in [5.41, 5.74) is 2.80. The van der Waals surface area contributed by atoms with Crippen molar-refractivity contribution in [3.63, 3.8) is 0 Å². The van der Waals surface area contributed by atoms with Crippen LogP contribution in [0.5, 0.6) is 0 Å². The minimum Gasteiger partial charge on any atom is -0.268 e. The van der Waals surface area contributed by atoms with Crippen LogP contribution in [0.15, 0.2) is 60.8 Å². The lowest BCUT2D eigenvalue weighted by Gasteiger charge is -2.10. The van der Waals surface area contributed by atoms with Crippen LogP contribution in [-0.4, -0.2) is 16.7 Å². The van der Waals surface area contributed by atoms with Crippen molar-refractivity contribution in [2.45, 2.75) is 6.92 Å². The van der Waals surface area contributed by atoms with Crippen LogP contribution < -0.4 is 0 Å². The lowest BCUT2D eigenvalue weighted by Crippen LogP contribution is -2.23. The highest BCUT2D eigenvalue weighted by Gasteiger charge is 2.33. The third-order valence-electron chi connectivity index (χ3n) is 3.38. The first-order valence-electron chi connectivity index (χ1n) is 6.39. The zero-order chi connectivity index (χ0) is 14.1. The second-order valence-corrected chi connectivity index (χ2v) is 4.70. The van der Waals surface area contributed by atoms with Crippen molar-refractivity contribution >= 4 is 17.4 Å². The number of carbonyl (C=O) groups excluding carboxylic acids is 2. The van der Waals surface area contributed by atoms with Crippen LogP contribution in [0.3, 0.4) is 0 Å². The van der Waals surface area contributed by atoms with Crippen LogP contribution in [0.2, 0.25) is 0 Å². The molecule has 0 spiro atoms. The number of amides is 2. The molecule has 1 heterocycles. The maximum Gasteiger partial charge on any atom is 0.265 e. The van der Waals surface area contributed by atoms with Gasteiger partial charge in [0.1, 0.15) is 0 Å².